The van der Waals surface area contributed by atoms with Gasteiger partial charge in [-0.3, -0.25) is 0 Å². The number of hydrogen-bond acceptors (Lipinski definition) is 4. The van der Waals surface area contributed by atoms with E-state index in [2.05, 4.69) is 169 Å². The van der Waals surface area contributed by atoms with Gasteiger partial charge in [-0.2, -0.15) is 12.6 Å². The molecule has 0 fully saturated rings. The molecule has 0 radical (unpaired) electrons. The van der Waals surface area contributed by atoms with Crippen LogP contribution in [0.25, 0.3) is 17.2 Å². The number of aryl methyl sites for hydroxylation is 2. The molecule has 0 saturated carbocycles. The molecular weight excluding hydrogens is 681 g/mol. The van der Waals surface area contributed by atoms with Gasteiger partial charge in [-0.05, 0) is 112 Å². The SMILES string of the molecule is C=C(S)/C=C\c1cc(-c2ccc(C(C(/C=C\C)=C/C)c3ccccc3)cc2)ccc1N.CC.CN(C)C.CS.Cc1ccccc1.Cc1ccccc1. The van der Waals surface area contributed by atoms with Gasteiger partial charge in [0.1, 0.15) is 0 Å². The lowest BCUT2D eigenvalue weighted by molar-refractivity contribution is 0.505. The van der Waals surface area contributed by atoms with Gasteiger partial charge < -0.3 is 10.6 Å². The van der Waals surface area contributed by atoms with Crippen molar-refractivity contribution < 1.29 is 0 Å². The summed E-state index contributed by atoms with van der Waals surface area (Å²) in [5.74, 6) is 0.197. The smallest absolute Gasteiger partial charge is 0.0388 e. The number of allylic oxidation sites excluding steroid dienone is 5. The first-order chi connectivity index (χ1) is 25.5. The fourth-order valence-electron chi connectivity index (χ4n) is 4.80. The summed E-state index contributed by atoms with van der Waals surface area (Å²) in [6.45, 7) is 16.1. The van der Waals surface area contributed by atoms with Gasteiger partial charge in [0.25, 0.3) is 0 Å². The number of thiol groups is 2. The highest BCUT2D eigenvalue weighted by Crippen LogP contribution is 2.34. The van der Waals surface area contributed by atoms with Crippen molar-refractivity contribution in [2.24, 2.45) is 0 Å². The Balaban J connectivity index is 0.000000990. The maximum atomic E-state index is 6.14. The minimum Gasteiger partial charge on any atom is -0.398 e. The highest BCUT2D eigenvalue weighted by Gasteiger charge is 2.17. The average molecular weight is 745 g/mol. The Labute approximate surface area is 334 Å². The van der Waals surface area contributed by atoms with E-state index in [1.54, 1.807) is 6.26 Å². The van der Waals surface area contributed by atoms with Crippen molar-refractivity contribution >= 4 is 37.0 Å². The number of benzene rings is 5. The zero-order valence-corrected chi connectivity index (χ0v) is 35.6. The van der Waals surface area contributed by atoms with Gasteiger partial charge in [0, 0.05) is 11.6 Å². The van der Waals surface area contributed by atoms with Gasteiger partial charge >= 0.3 is 0 Å². The van der Waals surface area contributed by atoms with Gasteiger partial charge in [-0.25, -0.2) is 0 Å². The minimum atomic E-state index is 0.197. The van der Waals surface area contributed by atoms with Crippen LogP contribution in [-0.2, 0) is 0 Å². The predicted octanol–water partition coefficient (Wildman–Crippen LogP) is 13.8. The van der Waals surface area contributed by atoms with E-state index in [1.807, 2.05) is 94.5 Å². The predicted molar refractivity (Wildman–Crippen MR) is 249 cm³/mol. The quantitative estimate of drug-likeness (QED) is 0.0880. The van der Waals surface area contributed by atoms with Crippen LogP contribution in [0.4, 0.5) is 5.69 Å². The van der Waals surface area contributed by atoms with Crippen molar-refractivity contribution in [3.8, 4) is 11.1 Å². The molecule has 1 unspecified atom stereocenters. The second-order valence-electron chi connectivity index (χ2n) is 12.1. The van der Waals surface area contributed by atoms with Crippen molar-refractivity contribution in [2.75, 3.05) is 33.1 Å². The molecule has 0 aromatic heterocycles. The number of nitrogens with zero attached hydrogens (tertiary/aromatic N) is 1. The third-order valence-corrected chi connectivity index (χ3v) is 7.31. The molecule has 2 nitrogen and oxygen atoms in total. The maximum Gasteiger partial charge on any atom is 0.0388 e. The van der Waals surface area contributed by atoms with Crippen LogP contribution in [-0.4, -0.2) is 32.3 Å². The standard InChI is InChI=1S/C29H29NS.2C7H8.C3H9N.C2H6.CH4S/c1-4-9-22(5-2)29(24-10-7-6-8-11-24)25-16-14-23(15-17-25)26-18-19-28(30)27(20-26)13-12-21(3)31;2*1-7-5-3-2-4-6-7;1-4(2)3;2*1-2/h4-20,29,31H,3,30H2,1-2H3;2*2-6H,1H3;1-3H3;1-2H3;2H,1H3/b9-4-,13-12-,22-5+;;;;;. The van der Waals surface area contributed by atoms with Crippen molar-refractivity contribution in [1.29, 1.82) is 0 Å². The Morgan fingerprint density at radius 1 is 0.642 bits per heavy atom. The van der Waals surface area contributed by atoms with Crippen LogP contribution in [0.2, 0.25) is 0 Å². The molecule has 2 N–H and O–H groups in total. The van der Waals surface area contributed by atoms with E-state index in [0.717, 1.165) is 22.4 Å². The van der Waals surface area contributed by atoms with E-state index in [9.17, 15) is 0 Å². The number of anilines is 1. The van der Waals surface area contributed by atoms with Crippen molar-refractivity contribution in [2.45, 2.75) is 47.5 Å². The highest BCUT2D eigenvalue weighted by atomic mass is 32.1. The molecule has 0 aliphatic carbocycles. The zero-order valence-electron chi connectivity index (χ0n) is 33.8. The molecule has 0 amide bonds. The van der Waals surface area contributed by atoms with E-state index in [0.29, 0.717) is 4.91 Å². The Kier molecular flexibility index (Phi) is 27.5. The van der Waals surface area contributed by atoms with E-state index < -0.39 is 0 Å². The summed E-state index contributed by atoms with van der Waals surface area (Å²) in [6.07, 6.45) is 12.0. The van der Waals surface area contributed by atoms with Crippen molar-refractivity contribution in [3.63, 3.8) is 0 Å². The molecule has 0 aliphatic heterocycles. The summed E-state index contributed by atoms with van der Waals surface area (Å²) in [5, 5.41) is 0. The molecule has 0 spiro atoms. The largest absolute Gasteiger partial charge is 0.398 e. The van der Waals surface area contributed by atoms with Gasteiger partial charge in [0.15, 0.2) is 0 Å². The summed E-state index contributed by atoms with van der Waals surface area (Å²) >= 11 is 7.75. The molecule has 5 rings (SSSR count). The summed E-state index contributed by atoms with van der Waals surface area (Å²) in [6, 6.07) is 46.1. The topological polar surface area (TPSA) is 29.3 Å². The maximum absolute atomic E-state index is 6.14. The first-order valence-corrected chi connectivity index (χ1v) is 19.4. The number of rotatable bonds is 7. The lowest BCUT2D eigenvalue weighted by atomic mass is 9.84. The number of nitrogen functional groups attached to an aromatic ring is 1. The third kappa shape index (κ3) is 21.0. The first-order valence-electron chi connectivity index (χ1n) is 18.0. The first kappa shape index (κ1) is 48.5. The van der Waals surface area contributed by atoms with Crippen LogP contribution in [0.1, 0.15) is 61.4 Å². The normalized spacial score (nSPS) is 10.8. The minimum absolute atomic E-state index is 0.197. The Morgan fingerprint density at radius 3 is 1.43 bits per heavy atom. The van der Waals surface area contributed by atoms with E-state index in [-0.39, 0.29) is 5.92 Å². The lowest BCUT2D eigenvalue weighted by Gasteiger charge is -2.20. The third-order valence-electron chi connectivity index (χ3n) is 7.16. The summed E-state index contributed by atoms with van der Waals surface area (Å²) < 4.78 is 0. The van der Waals surface area contributed by atoms with Gasteiger partial charge in [-0.15, -0.1) is 12.6 Å². The second kappa shape index (κ2) is 30.0. The molecule has 1 atom stereocenters. The van der Waals surface area contributed by atoms with Crippen LogP contribution in [0.5, 0.6) is 0 Å². The number of nitrogens with two attached hydrogens (primary N) is 1. The molecule has 53 heavy (non-hydrogen) atoms. The zero-order chi connectivity index (χ0) is 40.0. The molecule has 4 heteroatoms. The van der Waals surface area contributed by atoms with Gasteiger partial charge in [-0.1, -0.05) is 177 Å². The van der Waals surface area contributed by atoms with Gasteiger partial charge in [0.2, 0.25) is 0 Å². The van der Waals surface area contributed by atoms with Crippen LogP contribution in [0.3, 0.4) is 0 Å². The van der Waals surface area contributed by atoms with E-state index >= 15 is 0 Å². The summed E-state index contributed by atoms with van der Waals surface area (Å²) in [7, 11) is 6.00. The average Bonchev–Trinajstić information content (AvgIpc) is 3.17. The van der Waals surface area contributed by atoms with Crippen molar-refractivity contribution in [3.05, 3.63) is 203 Å². The monoisotopic (exact) mass is 744 g/mol. The van der Waals surface area contributed by atoms with Crippen LogP contribution in [0, 0.1) is 13.8 Å². The lowest BCUT2D eigenvalue weighted by Crippen LogP contribution is -2.03. The van der Waals surface area contributed by atoms with E-state index in [4.69, 9.17) is 5.73 Å². The molecule has 5 aromatic carbocycles. The van der Waals surface area contributed by atoms with E-state index in [1.165, 1.54) is 27.8 Å². The van der Waals surface area contributed by atoms with Crippen LogP contribution >= 0.6 is 25.3 Å². The van der Waals surface area contributed by atoms with Gasteiger partial charge in [0.05, 0.1) is 0 Å². The van der Waals surface area contributed by atoms with Crippen LogP contribution < -0.4 is 5.73 Å². The molecular formula is C49H64N2S2. The Hall–Kier alpha value is -4.48. The summed E-state index contributed by atoms with van der Waals surface area (Å²) in [5.41, 5.74) is 16.6. The van der Waals surface area contributed by atoms with Crippen molar-refractivity contribution in [1.82, 2.24) is 4.90 Å². The fourth-order valence-corrected chi connectivity index (χ4v) is 4.87. The van der Waals surface area contributed by atoms with Crippen LogP contribution in [0.15, 0.2) is 175 Å². The number of hydrogen-bond donors (Lipinski definition) is 3. The molecule has 5 aromatic rings. The molecule has 0 saturated heterocycles. The molecule has 0 bridgehead atoms. The molecule has 0 heterocycles. The second-order valence-corrected chi connectivity index (χ2v) is 12.6. The fraction of sp³-hybridized carbons (Fsp3) is 0.224. The molecule has 0 aliphatic rings. The Morgan fingerprint density at radius 2 is 1.06 bits per heavy atom. The summed E-state index contributed by atoms with van der Waals surface area (Å²) in [4.78, 5) is 2.70. The highest BCUT2D eigenvalue weighted by molar-refractivity contribution is 7.84. The molecule has 282 valence electrons. The Bertz CT molecular complexity index is 1700.